The normalized spacial score (nSPS) is 10.7. The van der Waals surface area contributed by atoms with E-state index >= 15 is 0 Å². The summed E-state index contributed by atoms with van der Waals surface area (Å²) in [6.45, 7) is 4.68. The second-order valence-electron chi connectivity index (χ2n) is 3.54. The molecule has 0 amide bonds. The van der Waals surface area contributed by atoms with E-state index in [1.807, 2.05) is 6.92 Å². The molecule has 16 heavy (non-hydrogen) atoms. The SMILES string of the molecule is CCn1c(CCCCl)cc(=O)n(CC)c1=O. The number of rotatable bonds is 5. The molecule has 0 saturated carbocycles. The van der Waals surface area contributed by atoms with Crippen molar-refractivity contribution in [2.75, 3.05) is 5.88 Å². The minimum atomic E-state index is -0.221. The van der Waals surface area contributed by atoms with Gasteiger partial charge in [-0.25, -0.2) is 4.79 Å². The fourth-order valence-electron chi connectivity index (χ4n) is 1.75. The Hall–Kier alpha value is -1.03. The van der Waals surface area contributed by atoms with Crippen molar-refractivity contribution < 1.29 is 0 Å². The maximum Gasteiger partial charge on any atom is 0.331 e. The van der Waals surface area contributed by atoms with Crippen LogP contribution in [0.3, 0.4) is 0 Å². The Morgan fingerprint density at radius 2 is 1.81 bits per heavy atom. The fraction of sp³-hybridized carbons (Fsp3) is 0.636. The van der Waals surface area contributed by atoms with Crippen LogP contribution in [-0.4, -0.2) is 15.0 Å². The summed E-state index contributed by atoms with van der Waals surface area (Å²) < 4.78 is 2.88. The van der Waals surface area contributed by atoms with E-state index in [1.165, 1.54) is 4.57 Å². The Morgan fingerprint density at radius 1 is 1.19 bits per heavy atom. The molecule has 4 nitrogen and oxygen atoms in total. The lowest BCUT2D eigenvalue weighted by Gasteiger charge is -2.12. The fourth-order valence-corrected chi connectivity index (χ4v) is 1.88. The van der Waals surface area contributed by atoms with Crippen molar-refractivity contribution in [3.8, 4) is 0 Å². The molecule has 0 aliphatic rings. The monoisotopic (exact) mass is 244 g/mol. The topological polar surface area (TPSA) is 44.0 Å². The zero-order valence-corrected chi connectivity index (χ0v) is 10.5. The molecule has 0 aromatic carbocycles. The van der Waals surface area contributed by atoms with Gasteiger partial charge >= 0.3 is 5.69 Å². The Bertz CT molecular complexity index is 462. The van der Waals surface area contributed by atoms with Gasteiger partial charge < -0.3 is 0 Å². The quantitative estimate of drug-likeness (QED) is 0.731. The second kappa shape index (κ2) is 5.89. The standard InChI is InChI=1S/C11H17ClN2O2/c1-3-13-9(6-5-7-12)8-10(15)14(4-2)11(13)16/h8H,3-7H2,1-2H3. The second-order valence-corrected chi connectivity index (χ2v) is 3.92. The van der Waals surface area contributed by atoms with E-state index in [9.17, 15) is 9.59 Å². The molecule has 1 aromatic heterocycles. The van der Waals surface area contributed by atoms with Crippen molar-refractivity contribution in [3.63, 3.8) is 0 Å². The van der Waals surface area contributed by atoms with Gasteiger partial charge in [0.15, 0.2) is 0 Å². The van der Waals surface area contributed by atoms with Crippen molar-refractivity contribution in [2.24, 2.45) is 0 Å². The minimum absolute atomic E-state index is 0.220. The van der Waals surface area contributed by atoms with Crippen LogP contribution in [0, 0.1) is 0 Å². The Kier molecular flexibility index (Phi) is 4.80. The van der Waals surface area contributed by atoms with E-state index in [0.29, 0.717) is 25.4 Å². The summed E-state index contributed by atoms with van der Waals surface area (Å²) in [5, 5.41) is 0. The van der Waals surface area contributed by atoms with Gasteiger partial charge in [-0.2, -0.15) is 0 Å². The Labute approximate surface area is 99.5 Å². The summed E-state index contributed by atoms with van der Waals surface area (Å²) in [5.41, 5.74) is 0.340. The molecule has 0 aliphatic carbocycles. The van der Waals surface area contributed by atoms with Gasteiger partial charge in [-0.05, 0) is 26.7 Å². The van der Waals surface area contributed by atoms with Crippen LogP contribution in [-0.2, 0) is 19.5 Å². The van der Waals surface area contributed by atoms with E-state index < -0.39 is 0 Å². The highest BCUT2D eigenvalue weighted by atomic mass is 35.5. The van der Waals surface area contributed by atoms with Crippen molar-refractivity contribution in [1.82, 2.24) is 9.13 Å². The van der Waals surface area contributed by atoms with Crippen LogP contribution in [0.1, 0.15) is 26.0 Å². The third-order valence-electron chi connectivity index (χ3n) is 2.56. The highest BCUT2D eigenvalue weighted by Crippen LogP contribution is 2.00. The van der Waals surface area contributed by atoms with Gasteiger partial charge in [-0.3, -0.25) is 13.9 Å². The third-order valence-corrected chi connectivity index (χ3v) is 2.83. The first kappa shape index (κ1) is 13.0. The molecule has 0 N–H and O–H groups in total. The van der Waals surface area contributed by atoms with Gasteiger partial charge in [0.2, 0.25) is 0 Å². The van der Waals surface area contributed by atoms with Crippen LogP contribution < -0.4 is 11.2 Å². The van der Waals surface area contributed by atoms with Crippen LogP contribution in [0.5, 0.6) is 0 Å². The first-order valence-electron chi connectivity index (χ1n) is 5.55. The zero-order chi connectivity index (χ0) is 12.1. The largest absolute Gasteiger partial charge is 0.331 e. The van der Waals surface area contributed by atoms with E-state index in [-0.39, 0.29) is 11.2 Å². The van der Waals surface area contributed by atoms with E-state index in [4.69, 9.17) is 11.6 Å². The summed E-state index contributed by atoms with van der Waals surface area (Å²) >= 11 is 5.61. The average molecular weight is 245 g/mol. The molecule has 0 fully saturated rings. The number of alkyl halides is 1. The van der Waals surface area contributed by atoms with E-state index in [0.717, 1.165) is 12.1 Å². The molecule has 90 valence electrons. The van der Waals surface area contributed by atoms with Crippen LogP contribution in [0.25, 0.3) is 0 Å². The lowest BCUT2D eigenvalue weighted by atomic mass is 10.2. The van der Waals surface area contributed by atoms with Gasteiger partial charge in [0.1, 0.15) is 0 Å². The van der Waals surface area contributed by atoms with Gasteiger partial charge in [0.05, 0.1) is 0 Å². The van der Waals surface area contributed by atoms with Gasteiger partial charge in [0.25, 0.3) is 5.56 Å². The number of halogens is 1. The summed E-state index contributed by atoms with van der Waals surface area (Å²) in [6.07, 6.45) is 1.45. The number of hydrogen-bond donors (Lipinski definition) is 0. The van der Waals surface area contributed by atoms with Crippen LogP contribution in [0.2, 0.25) is 0 Å². The summed E-state index contributed by atoms with van der Waals surface area (Å²) in [7, 11) is 0. The molecule has 0 bridgehead atoms. The van der Waals surface area contributed by atoms with Crippen molar-refractivity contribution in [2.45, 2.75) is 39.8 Å². The lowest BCUT2D eigenvalue weighted by Crippen LogP contribution is -2.40. The minimum Gasteiger partial charge on any atom is -0.298 e. The molecule has 0 unspecified atom stereocenters. The van der Waals surface area contributed by atoms with E-state index in [1.54, 1.807) is 17.6 Å². The molecule has 0 saturated heterocycles. The highest BCUT2D eigenvalue weighted by Gasteiger charge is 2.08. The van der Waals surface area contributed by atoms with Crippen molar-refractivity contribution in [1.29, 1.82) is 0 Å². The molecule has 0 atom stereocenters. The molecule has 5 heteroatoms. The number of hydrogen-bond acceptors (Lipinski definition) is 2. The van der Waals surface area contributed by atoms with Gasteiger partial charge in [-0.1, -0.05) is 0 Å². The van der Waals surface area contributed by atoms with Gasteiger partial charge in [0, 0.05) is 30.7 Å². The first-order valence-corrected chi connectivity index (χ1v) is 6.08. The molecule has 0 aliphatic heterocycles. The summed E-state index contributed by atoms with van der Waals surface area (Å²) in [5.74, 6) is 0.536. The molecule has 0 radical (unpaired) electrons. The van der Waals surface area contributed by atoms with Crippen LogP contribution >= 0.6 is 11.6 Å². The first-order chi connectivity index (χ1) is 7.65. The summed E-state index contributed by atoms with van der Waals surface area (Å²) in [4.78, 5) is 23.6. The highest BCUT2D eigenvalue weighted by molar-refractivity contribution is 6.17. The molecular weight excluding hydrogens is 228 g/mol. The van der Waals surface area contributed by atoms with Crippen molar-refractivity contribution in [3.05, 3.63) is 32.6 Å². The Morgan fingerprint density at radius 3 is 2.31 bits per heavy atom. The number of aromatic nitrogens is 2. The zero-order valence-electron chi connectivity index (χ0n) is 9.70. The molecule has 0 spiro atoms. The summed E-state index contributed by atoms with van der Waals surface area (Å²) in [6, 6.07) is 1.54. The number of aryl methyl sites for hydroxylation is 1. The van der Waals surface area contributed by atoms with Crippen molar-refractivity contribution >= 4 is 11.6 Å². The lowest BCUT2D eigenvalue weighted by molar-refractivity contribution is 0.561. The molecule has 1 aromatic rings. The predicted octanol–water partition coefficient (Wildman–Crippen LogP) is 1.22. The smallest absolute Gasteiger partial charge is 0.298 e. The van der Waals surface area contributed by atoms with Gasteiger partial charge in [-0.15, -0.1) is 11.6 Å². The van der Waals surface area contributed by atoms with Crippen LogP contribution in [0.15, 0.2) is 15.7 Å². The average Bonchev–Trinajstić information content (AvgIpc) is 2.26. The number of nitrogens with zero attached hydrogens (tertiary/aromatic N) is 2. The van der Waals surface area contributed by atoms with E-state index in [2.05, 4.69) is 0 Å². The molecular formula is C11H17ClN2O2. The predicted molar refractivity (Wildman–Crippen MR) is 65.4 cm³/mol. The molecule has 1 heterocycles. The third kappa shape index (κ3) is 2.55. The Balaban J connectivity index is 3.30. The maximum absolute atomic E-state index is 11.9. The van der Waals surface area contributed by atoms with Crippen LogP contribution in [0.4, 0.5) is 0 Å². The molecule has 1 rings (SSSR count). The maximum atomic E-state index is 11.9.